The number of ether oxygens (including phenoxy) is 2. The molecule has 5 heteroatoms. The highest BCUT2D eigenvalue weighted by atomic mass is 16.6. The molecule has 1 amide bonds. The minimum atomic E-state index is -0.821. The van der Waals surface area contributed by atoms with Crippen LogP contribution in [0.15, 0.2) is 78.9 Å². The topological polar surface area (TPSA) is 59.0 Å². The molecular formula is C27H29NO4. The van der Waals surface area contributed by atoms with Gasteiger partial charge in [-0.3, -0.25) is 0 Å². The van der Waals surface area contributed by atoms with Crippen LogP contribution in [0.4, 0.5) is 4.79 Å². The highest BCUT2D eigenvalue weighted by Crippen LogP contribution is 2.44. The third-order valence-corrected chi connectivity index (χ3v) is 5.79. The Hall–Kier alpha value is -3.31. The lowest BCUT2D eigenvalue weighted by atomic mass is 9.98. The molecule has 0 aromatic heterocycles. The molecule has 1 atom stereocenters. The molecule has 0 radical (unpaired) electrons. The van der Waals surface area contributed by atoms with Gasteiger partial charge < -0.3 is 19.5 Å². The lowest BCUT2D eigenvalue weighted by Crippen LogP contribution is -2.44. The van der Waals surface area contributed by atoms with Crippen molar-refractivity contribution in [2.75, 3.05) is 19.8 Å². The number of carbonyl (C=O) groups is 1. The first-order valence-electron chi connectivity index (χ1n) is 11.0. The Bertz CT molecular complexity index is 1000. The zero-order valence-electron chi connectivity index (χ0n) is 18.5. The van der Waals surface area contributed by atoms with Gasteiger partial charge in [0.25, 0.3) is 0 Å². The number of benzene rings is 3. The van der Waals surface area contributed by atoms with Crippen molar-refractivity contribution < 1.29 is 19.4 Å². The van der Waals surface area contributed by atoms with Crippen molar-refractivity contribution in [3.8, 4) is 16.9 Å². The Morgan fingerprint density at radius 3 is 2.06 bits per heavy atom. The van der Waals surface area contributed by atoms with Gasteiger partial charge in [0.1, 0.15) is 25.1 Å². The maximum Gasteiger partial charge on any atom is 0.410 e. The van der Waals surface area contributed by atoms with E-state index in [1.165, 1.54) is 22.3 Å². The van der Waals surface area contributed by atoms with Crippen molar-refractivity contribution in [3.05, 3.63) is 90.0 Å². The van der Waals surface area contributed by atoms with Gasteiger partial charge in [0.15, 0.2) is 0 Å². The average Bonchev–Trinajstić information content (AvgIpc) is 3.14. The molecule has 1 unspecified atom stereocenters. The van der Waals surface area contributed by atoms with Crippen molar-refractivity contribution in [2.24, 2.45) is 0 Å². The molecule has 32 heavy (non-hydrogen) atoms. The van der Waals surface area contributed by atoms with Crippen LogP contribution in [0.2, 0.25) is 0 Å². The Balaban J connectivity index is 1.38. The second-order valence-electron chi connectivity index (χ2n) is 8.33. The zero-order chi connectivity index (χ0) is 22.5. The van der Waals surface area contributed by atoms with Gasteiger partial charge in [-0.1, -0.05) is 66.7 Å². The van der Waals surface area contributed by atoms with E-state index in [0.717, 1.165) is 0 Å². The summed E-state index contributed by atoms with van der Waals surface area (Å²) in [7, 11) is 0. The van der Waals surface area contributed by atoms with Crippen LogP contribution < -0.4 is 4.74 Å². The van der Waals surface area contributed by atoms with Crippen molar-refractivity contribution in [1.29, 1.82) is 0 Å². The van der Waals surface area contributed by atoms with E-state index in [2.05, 4.69) is 24.3 Å². The highest BCUT2D eigenvalue weighted by molar-refractivity contribution is 5.79. The van der Waals surface area contributed by atoms with E-state index in [1.54, 1.807) is 4.90 Å². The molecule has 5 nitrogen and oxygen atoms in total. The summed E-state index contributed by atoms with van der Waals surface area (Å²) in [5, 5.41) is 10.4. The van der Waals surface area contributed by atoms with Crippen LogP contribution in [0, 0.1) is 0 Å². The van der Waals surface area contributed by atoms with Gasteiger partial charge in [0.2, 0.25) is 0 Å². The summed E-state index contributed by atoms with van der Waals surface area (Å²) < 4.78 is 11.4. The maximum absolute atomic E-state index is 12.9. The minimum absolute atomic E-state index is 0.00620. The van der Waals surface area contributed by atoms with Crippen LogP contribution >= 0.6 is 0 Å². The fourth-order valence-electron chi connectivity index (χ4n) is 4.16. The molecule has 0 fully saturated rings. The number of hydrogen-bond donors (Lipinski definition) is 1. The quantitative estimate of drug-likeness (QED) is 0.540. The summed E-state index contributed by atoms with van der Waals surface area (Å²) in [5.41, 5.74) is 4.74. The Kier molecular flexibility index (Phi) is 6.76. The van der Waals surface area contributed by atoms with Gasteiger partial charge in [0.05, 0.1) is 6.54 Å². The van der Waals surface area contributed by atoms with E-state index in [9.17, 15) is 9.90 Å². The average molecular weight is 432 g/mol. The number of amides is 1. The molecule has 0 spiro atoms. The van der Waals surface area contributed by atoms with Crippen LogP contribution in [0.25, 0.3) is 11.1 Å². The molecule has 0 heterocycles. The lowest BCUT2D eigenvalue weighted by molar-refractivity contribution is 0.0418. The summed E-state index contributed by atoms with van der Waals surface area (Å²) in [4.78, 5) is 14.5. The number of nitrogens with zero attached hydrogens (tertiary/aromatic N) is 1. The Labute approximate surface area is 189 Å². The number of rotatable bonds is 8. The highest BCUT2D eigenvalue weighted by Gasteiger charge is 2.30. The van der Waals surface area contributed by atoms with E-state index in [-0.39, 0.29) is 31.7 Å². The van der Waals surface area contributed by atoms with Gasteiger partial charge in [-0.25, -0.2) is 4.79 Å². The molecule has 0 aliphatic heterocycles. The van der Waals surface area contributed by atoms with Crippen molar-refractivity contribution in [2.45, 2.75) is 31.9 Å². The minimum Gasteiger partial charge on any atom is -0.491 e. The first-order valence-corrected chi connectivity index (χ1v) is 11.0. The summed E-state index contributed by atoms with van der Waals surface area (Å²) >= 11 is 0. The predicted molar refractivity (Wildman–Crippen MR) is 125 cm³/mol. The molecule has 0 bridgehead atoms. The van der Waals surface area contributed by atoms with E-state index in [4.69, 9.17) is 9.47 Å². The third kappa shape index (κ3) is 4.78. The molecule has 3 aromatic rings. The van der Waals surface area contributed by atoms with Crippen LogP contribution in [0.1, 0.15) is 30.9 Å². The summed E-state index contributed by atoms with van der Waals surface area (Å²) in [5.74, 6) is 0.690. The largest absolute Gasteiger partial charge is 0.491 e. The second-order valence-corrected chi connectivity index (χ2v) is 8.33. The Morgan fingerprint density at radius 2 is 1.47 bits per heavy atom. The smallest absolute Gasteiger partial charge is 0.410 e. The van der Waals surface area contributed by atoms with Crippen LogP contribution in [0.3, 0.4) is 0 Å². The normalized spacial score (nSPS) is 13.4. The van der Waals surface area contributed by atoms with Gasteiger partial charge in [-0.2, -0.15) is 0 Å². The molecule has 3 aromatic carbocycles. The fourth-order valence-corrected chi connectivity index (χ4v) is 4.16. The monoisotopic (exact) mass is 431 g/mol. The van der Waals surface area contributed by atoms with Crippen LogP contribution in [0.5, 0.6) is 5.75 Å². The van der Waals surface area contributed by atoms with Crippen LogP contribution in [-0.2, 0) is 4.74 Å². The SMILES string of the molecule is CC(C)N(CC(O)COc1ccccc1)C(=O)OCC1c2ccccc2-c2ccccc21. The van der Waals surface area contributed by atoms with E-state index >= 15 is 0 Å². The standard InChI is InChI=1S/C27H29NO4/c1-19(2)28(16-20(29)17-31-21-10-4-3-5-11-21)27(30)32-18-26-24-14-8-6-12-22(24)23-13-7-9-15-25(23)26/h3-15,19-20,26,29H,16-18H2,1-2H3. The van der Waals surface area contributed by atoms with E-state index in [0.29, 0.717) is 5.75 Å². The van der Waals surface area contributed by atoms with Gasteiger partial charge in [-0.05, 0) is 48.2 Å². The van der Waals surface area contributed by atoms with Gasteiger partial charge in [-0.15, -0.1) is 0 Å². The number of aliphatic hydroxyl groups excluding tert-OH is 1. The van der Waals surface area contributed by atoms with Gasteiger partial charge >= 0.3 is 6.09 Å². The molecular weight excluding hydrogens is 402 g/mol. The summed E-state index contributed by atoms with van der Waals surface area (Å²) in [6.45, 7) is 4.32. The van der Waals surface area contributed by atoms with Crippen molar-refractivity contribution >= 4 is 6.09 Å². The molecule has 166 valence electrons. The third-order valence-electron chi connectivity index (χ3n) is 5.79. The maximum atomic E-state index is 12.9. The number of fused-ring (bicyclic) bond motifs is 3. The fraction of sp³-hybridized carbons (Fsp3) is 0.296. The first kappa shape index (κ1) is 21.9. The number of aliphatic hydroxyl groups is 1. The lowest BCUT2D eigenvalue weighted by Gasteiger charge is -2.28. The number of para-hydroxylation sites is 1. The van der Waals surface area contributed by atoms with Crippen LogP contribution in [-0.4, -0.2) is 48.0 Å². The molecule has 0 saturated carbocycles. The van der Waals surface area contributed by atoms with E-state index < -0.39 is 12.2 Å². The van der Waals surface area contributed by atoms with Gasteiger partial charge in [0, 0.05) is 12.0 Å². The number of carbonyl (C=O) groups excluding carboxylic acids is 1. The molecule has 1 aliphatic rings. The molecule has 1 aliphatic carbocycles. The molecule has 1 N–H and O–H groups in total. The molecule has 0 saturated heterocycles. The van der Waals surface area contributed by atoms with Crippen molar-refractivity contribution in [3.63, 3.8) is 0 Å². The molecule has 4 rings (SSSR count). The zero-order valence-corrected chi connectivity index (χ0v) is 18.5. The predicted octanol–water partition coefficient (Wildman–Crippen LogP) is 5.09. The summed E-state index contributed by atoms with van der Waals surface area (Å²) in [6.07, 6.45) is -1.25. The Morgan fingerprint density at radius 1 is 0.906 bits per heavy atom. The summed E-state index contributed by atoms with van der Waals surface area (Å²) in [6, 6.07) is 25.7. The second kappa shape index (κ2) is 9.88. The first-order chi connectivity index (χ1) is 15.5. The van der Waals surface area contributed by atoms with E-state index in [1.807, 2.05) is 68.4 Å². The number of hydrogen-bond acceptors (Lipinski definition) is 4. The van der Waals surface area contributed by atoms with Crippen molar-refractivity contribution in [1.82, 2.24) is 4.90 Å².